The minimum Gasteiger partial charge on any atom is -0.324 e. The second-order valence-corrected chi connectivity index (χ2v) is 6.17. The molecule has 1 atom stereocenters. The van der Waals surface area contributed by atoms with Crippen LogP contribution in [0.15, 0.2) is 41.3 Å². The Morgan fingerprint density at radius 2 is 1.96 bits per heavy atom. The van der Waals surface area contributed by atoms with Gasteiger partial charge >= 0.3 is 6.03 Å². The van der Waals surface area contributed by atoms with E-state index in [1.54, 1.807) is 39.2 Å². The summed E-state index contributed by atoms with van der Waals surface area (Å²) in [7, 11) is 1.62. The van der Waals surface area contributed by atoms with Gasteiger partial charge in [-0.25, -0.2) is 4.79 Å². The van der Waals surface area contributed by atoms with Crippen molar-refractivity contribution in [3.8, 4) is 0 Å². The van der Waals surface area contributed by atoms with Crippen molar-refractivity contribution < 1.29 is 9.59 Å². The van der Waals surface area contributed by atoms with E-state index in [1.165, 1.54) is 9.47 Å². The molecule has 0 bridgehead atoms. The Morgan fingerprint density at radius 1 is 1.24 bits per heavy atom. The van der Waals surface area contributed by atoms with Gasteiger partial charge in [0, 0.05) is 18.9 Å². The Bertz CT molecular complexity index is 903. The maximum atomic E-state index is 12.8. The zero-order valence-electron chi connectivity index (χ0n) is 14.4. The van der Waals surface area contributed by atoms with Crippen LogP contribution in [-0.4, -0.2) is 27.4 Å². The topological polar surface area (TPSA) is 83.4 Å². The quantitative estimate of drug-likeness (QED) is 0.833. The Labute approximate surface area is 145 Å². The van der Waals surface area contributed by atoms with Crippen molar-refractivity contribution in [2.24, 2.45) is 7.05 Å². The fourth-order valence-corrected chi connectivity index (χ4v) is 2.78. The number of amides is 3. The number of carbonyl (C=O) groups excluding carboxylic acids is 2. The number of pyridine rings is 1. The number of hydrogen-bond donors (Lipinski definition) is 2. The summed E-state index contributed by atoms with van der Waals surface area (Å²) in [6, 6.07) is 7.96. The average Bonchev–Trinajstić information content (AvgIpc) is 2.72. The van der Waals surface area contributed by atoms with Crippen molar-refractivity contribution in [3.63, 3.8) is 0 Å². The SMILES string of the molecule is Cc1ccn(C)c(=O)c1NC(=O)N1Cc2ccccc2NC(=O)C1C. The first kappa shape index (κ1) is 16.8. The summed E-state index contributed by atoms with van der Waals surface area (Å²) in [5.41, 5.74) is 2.14. The Morgan fingerprint density at radius 3 is 2.72 bits per heavy atom. The molecule has 2 N–H and O–H groups in total. The van der Waals surface area contributed by atoms with Crippen LogP contribution in [0, 0.1) is 6.92 Å². The highest BCUT2D eigenvalue weighted by molar-refractivity contribution is 6.00. The van der Waals surface area contributed by atoms with Crippen LogP contribution in [0.25, 0.3) is 0 Å². The number of nitrogens with one attached hydrogen (secondary N) is 2. The minimum absolute atomic E-state index is 0.222. The maximum absolute atomic E-state index is 12.8. The number of aryl methyl sites for hydroxylation is 2. The number of hydrogen-bond acceptors (Lipinski definition) is 3. The highest BCUT2D eigenvalue weighted by Gasteiger charge is 2.30. The molecule has 130 valence electrons. The molecule has 0 saturated heterocycles. The summed E-state index contributed by atoms with van der Waals surface area (Å²) in [4.78, 5) is 38.8. The van der Waals surface area contributed by atoms with E-state index in [2.05, 4.69) is 10.6 Å². The third-order valence-electron chi connectivity index (χ3n) is 4.43. The number of carbonyl (C=O) groups is 2. The normalized spacial score (nSPS) is 16.7. The van der Waals surface area contributed by atoms with E-state index in [0.717, 1.165) is 5.56 Å². The lowest BCUT2D eigenvalue weighted by molar-refractivity contribution is -0.119. The van der Waals surface area contributed by atoms with Crippen molar-refractivity contribution in [1.82, 2.24) is 9.47 Å². The van der Waals surface area contributed by atoms with Crippen LogP contribution in [0.3, 0.4) is 0 Å². The van der Waals surface area contributed by atoms with Gasteiger partial charge in [0.1, 0.15) is 11.7 Å². The van der Waals surface area contributed by atoms with E-state index in [-0.39, 0.29) is 23.7 Å². The summed E-state index contributed by atoms with van der Waals surface area (Å²) in [5.74, 6) is -0.266. The molecule has 0 radical (unpaired) electrons. The molecule has 0 saturated carbocycles. The number of rotatable bonds is 1. The molecule has 7 heteroatoms. The van der Waals surface area contributed by atoms with Crippen LogP contribution in [0.1, 0.15) is 18.1 Å². The van der Waals surface area contributed by atoms with Gasteiger partial charge in [-0.15, -0.1) is 0 Å². The molecule has 2 heterocycles. The summed E-state index contributed by atoms with van der Waals surface area (Å²) in [6.45, 7) is 3.69. The molecule has 0 aliphatic carbocycles. The lowest BCUT2D eigenvalue weighted by atomic mass is 10.1. The van der Waals surface area contributed by atoms with Crippen molar-refractivity contribution in [1.29, 1.82) is 0 Å². The second-order valence-electron chi connectivity index (χ2n) is 6.17. The Balaban J connectivity index is 1.93. The number of anilines is 2. The largest absolute Gasteiger partial charge is 0.324 e. The van der Waals surface area contributed by atoms with Crippen molar-refractivity contribution >= 4 is 23.3 Å². The smallest absolute Gasteiger partial charge is 0.322 e. The third-order valence-corrected chi connectivity index (χ3v) is 4.43. The highest BCUT2D eigenvalue weighted by Crippen LogP contribution is 2.23. The maximum Gasteiger partial charge on any atom is 0.322 e. The molecule has 7 nitrogen and oxygen atoms in total. The van der Waals surface area contributed by atoms with E-state index < -0.39 is 12.1 Å². The Kier molecular flexibility index (Phi) is 4.31. The van der Waals surface area contributed by atoms with Crippen molar-refractivity contribution in [2.45, 2.75) is 26.4 Å². The number of fused-ring (bicyclic) bond motifs is 1. The predicted octanol–water partition coefficient (Wildman–Crippen LogP) is 2.07. The Hall–Kier alpha value is -3.09. The van der Waals surface area contributed by atoms with Gasteiger partial charge in [-0.05, 0) is 37.1 Å². The number of aromatic nitrogens is 1. The predicted molar refractivity (Wildman–Crippen MR) is 95.5 cm³/mol. The molecule has 0 fully saturated rings. The summed E-state index contributed by atoms with van der Waals surface area (Å²) in [6.07, 6.45) is 1.64. The molecule has 1 aromatic carbocycles. The average molecular weight is 340 g/mol. The highest BCUT2D eigenvalue weighted by atomic mass is 16.2. The molecular weight excluding hydrogens is 320 g/mol. The molecule has 1 aliphatic rings. The van der Waals surface area contributed by atoms with Gasteiger partial charge in [0.15, 0.2) is 0 Å². The van der Waals surface area contributed by atoms with E-state index in [4.69, 9.17) is 0 Å². The number of para-hydroxylation sites is 1. The van der Waals surface area contributed by atoms with E-state index in [9.17, 15) is 14.4 Å². The van der Waals surface area contributed by atoms with Gasteiger partial charge in [-0.1, -0.05) is 18.2 Å². The van der Waals surface area contributed by atoms with Crippen LogP contribution in [0.5, 0.6) is 0 Å². The van der Waals surface area contributed by atoms with Gasteiger partial charge < -0.3 is 20.1 Å². The molecule has 25 heavy (non-hydrogen) atoms. The van der Waals surface area contributed by atoms with Crippen LogP contribution in [0.4, 0.5) is 16.2 Å². The number of urea groups is 1. The van der Waals surface area contributed by atoms with Crippen LogP contribution in [-0.2, 0) is 18.4 Å². The minimum atomic E-state index is -0.666. The molecule has 1 aliphatic heterocycles. The molecule has 0 spiro atoms. The summed E-state index contributed by atoms with van der Waals surface area (Å²) < 4.78 is 1.40. The number of benzene rings is 1. The van der Waals surface area contributed by atoms with E-state index >= 15 is 0 Å². The molecule has 1 aromatic heterocycles. The van der Waals surface area contributed by atoms with Gasteiger partial charge in [-0.3, -0.25) is 9.59 Å². The lowest BCUT2D eigenvalue weighted by Crippen LogP contribution is -2.46. The molecule has 2 aromatic rings. The third kappa shape index (κ3) is 3.13. The molecule has 1 unspecified atom stereocenters. The zero-order valence-corrected chi connectivity index (χ0v) is 14.4. The fraction of sp³-hybridized carbons (Fsp3) is 0.278. The van der Waals surface area contributed by atoms with Gasteiger partial charge in [0.05, 0.1) is 6.54 Å². The molecule has 3 rings (SSSR count). The van der Waals surface area contributed by atoms with Gasteiger partial charge in [-0.2, -0.15) is 0 Å². The molecule has 3 amide bonds. The van der Waals surface area contributed by atoms with Crippen molar-refractivity contribution in [3.05, 3.63) is 58.0 Å². The van der Waals surface area contributed by atoms with Crippen molar-refractivity contribution in [2.75, 3.05) is 10.6 Å². The van der Waals surface area contributed by atoms with E-state index in [1.807, 2.05) is 18.2 Å². The first-order valence-corrected chi connectivity index (χ1v) is 8.01. The first-order chi connectivity index (χ1) is 11.9. The lowest BCUT2D eigenvalue weighted by Gasteiger charge is -2.26. The molecular formula is C18H20N4O3. The fourth-order valence-electron chi connectivity index (χ4n) is 2.78. The van der Waals surface area contributed by atoms with E-state index in [0.29, 0.717) is 11.3 Å². The standard InChI is InChI=1S/C18H20N4O3/c1-11-8-9-21(3)17(24)15(11)20-18(25)22-10-13-6-4-5-7-14(13)19-16(23)12(22)2/h4-9,12H,10H2,1-3H3,(H,19,23)(H,20,25). The zero-order chi connectivity index (χ0) is 18.1. The van der Waals surface area contributed by atoms with Gasteiger partial charge in [0.2, 0.25) is 5.91 Å². The van der Waals surface area contributed by atoms with Crippen LogP contribution in [0.2, 0.25) is 0 Å². The van der Waals surface area contributed by atoms with Gasteiger partial charge in [0.25, 0.3) is 5.56 Å². The number of nitrogens with zero attached hydrogens (tertiary/aromatic N) is 2. The van der Waals surface area contributed by atoms with Crippen LogP contribution >= 0.6 is 0 Å². The summed E-state index contributed by atoms with van der Waals surface area (Å²) >= 11 is 0. The first-order valence-electron chi connectivity index (χ1n) is 8.01. The monoisotopic (exact) mass is 340 g/mol. The second kappa shape index (κ2) is 6.43. The van der Waals surface area contributed by atoms with Crippen LogP contribution < -0.4 is 16.2 Å². The summed E-state index contributed by atoms with van der Waals surface area (Å²) in [5, 5.41) is 5.50.